The van der Waals surface area contributed by atoms with E-state index in [4.69, 9.17) is 0 Å². The van der Waals surface area contributed by atoms with Gasteiger partial charge < -0.3 is 9.08 Å². The van der Waals surface area contributed by atoms with Crippen molar-refractivity contribution in [3.63, 3.8) is 0 Å². The monoisotopic (exact) mass is 349 g/mol. The molecular formula is C14H12FN5O3S. The van der Waals surface area contributed by atoms with Crippen molar-refractivity contribution >= 4 is 33.2 Å². The Hall–Kier alpha value is -2.75. The molecule has 3 aromatic rings. The number of hydrogen-bond donors (Lipinski definition) is 1. The maximum absolute atomic E-state index is 12.6. The molecule has 3 heterocycles. The molecule has 2 aromatic heterocycles. The first-order valence-electron chi connectivity index (χ1n) is 7.22. The zero-order valence-corrected chi connectivity index (χ0v) is 13.1. The lowest BCUT2D eigenvalue weighted by Crippen LogP contribution is -2.25. The normalized spacial score (nSPS) is 14.6. The van der Waals surface area contributed by atoms with Crippen LogP contribution in [0.25, 0.3) is 11.2 Å². The number of halogens is 1. The molecule has 8 nitrogen and oxygen atoms in total. The number of fused-ring (bicyclic) bond motifs is 2. The lowest BCUT2D eigenvalue weighted by Gasteiger charge is -2.29. The van der Waals surface area contributed by atoms with Gasteiger partial charge in [-0.05, 0) is 24.5 Å². The zero-order valence-electron chi connectivity index (χ0n) is 12.3. The minimum Gasteiger partial charge on any atom is -0.336 e. The first-order valence-corrected chi connectivity index (χ1v) is 8.53. The Morgan fingerprint density at radius 3 is 2.96 bits per heavy atom. The molecule has 0 amide bonds. The standard InChI is InChI=1S/C14H12FN5O3S/c15-24(21,22)23-11-8-16-12-13(17-11)18-19-14(12)20-7-3-5-9-4-1-2-6-10(9)20/h1-2,4,6,8H,3,5,7H2,(H,17,18,19). The van der Waals surface area contributed by atoms with Gasteiger partial charge in [-0.3, -0.25) is 5.10 Å². The number of nitrogens with zero attached hydrogens (tertiary/aromatic N) is 4. The number of rotatable bonds is 3. The second kappa shape index (κ2) is 5.41. The summed E-state index contributed by atoms with van der Waals surface area (Å²) in [5.41, 5.74) is 2.94. The highest BCUT2D eigenvalue weighted by Crippen LogP contribution is 2.35. The SMILES string of the molecule is O=S(=O)(F)Oc1cnc2c(N3CCCc4ccccc43)n[nH]c2n1. The van der Waals surface area contributed by atoms with E-state index in [1.54, 1.807) is 0 Å². The Morgan fingerprint density at radius 2 is 2.12 bits per heavy atom. The summed E-state index contributed by atoms with van der Waals surface area (Å²) in [6.07, 6.45) is 3.02. The molecule has 10 heteroatoms. The summed E-state index contributed by atoms with van der Waals surface area (Å²) in [6.45, 7) is 0.774. The van der Waals surface area contributed by atoms with Gasteiger partial charge in [-0.2, -0.15) is 18.5 Å². The molecule has 24 heavy (non-hydrogen) atoms. The molecule has 0 unspecified atom stereocenters. The van der Waals surface area contributed by atoms with Crippen molar-refractivity contribution in [2.45, 2.75) is 12.8 Å². The van der Waals surface area contributed by atoms with E-state index in [-0.39, 0.29) is 5.65 Å². The maximum Gasteiger partial charge on any atom is 0.490 e. The number of benzene rings is 1. The Bertz CT molecular complexity index is 1020. The molecule has 0 fully saturated rings. The molecule has 124 valence electrons. The molecule has 0 saturated heterocycles. The maximum atomic E-state index is 12.6. The minimum absolute atomic E-state index is 0.217. The number of anilines is 2. The second-order valence-electron chi connectivity index (χ2n) is 5.31. The van der Waals surface area contributed by atoms with Crippen LogP contribution >= 0.6 is 0 Å². The fourth-order valence-corrected chi connectivity index (χ4v) is 3.14. The van der Waals surface area contributed by atoms with Gasteiger partial charge in [0, 0.05) is 12.2 Å². The van der Waals surface area contributed by atoms with Gasteiger partial charge in [-0.25, -0.2) is 4.98 Å². The van der Waals surface area contributed by atoms with Crippen molar-refractivity contribution < 1.29 is 16.5 Å². The van der Waals surface area contributed by atoms with Crippen LogP contribution < -0.4 is 9.08 Å². The van der Waals surface area contributed by atoms with Gasteiger partial charge in [0.15, 0.2) is 17.0 Å². The van der Waals surface area contributed by atoms with Gasteiger partial charge in [0.05, 0.1) is 6.20 Å². The molecule has 1 aliphatic rings. The lowest BCUT2D eigenvalue weighted by atomic mass is 10.0. The third-order valence-corrected chi connectivity index (χ3v) is 4.15. The number of aryl methyl sites for hydroxylation is 1. The van der Waals surface area contributed by atoms with Crippen LogP contribution in [0.2, 0.25) is 0 Å². The van der Waals surface area contributed by atoms with Crippen LogP contribution in [0.1, 0.15) is 12.0 Å². The van der Waals surface area contributed by atoms with E-state index in [2.05, 4.69) is 30.4 Å². The van der Waals surface area contributed by atoms with Gasteiger partial charge in [0.2, 0.25) is 0 Å². The van der Waals surface area contributed by atoms with Crippen molar-refractivity contribution in [2.24, 2.45) is 0 Å². The zero-order chi connectivity index (χ0) is 16.7. The van der Waals surface area contributed by atoms with Crippen molar-refractivity contribution in [2.75, 3.05) is 11.4 Å². The Labute approximate surface area is 136 Å². The van der Waals surface area contributed by atoms with E-state index < -0.39 is 16.4 Å². The number of hydrogen-bond acceptors (Lipinski definition) is 7. The average molecular weight is 349 g/mol. The summed E-state index contributed by atoms with van der Waals surface area (Å²) in [5.74, 6) is 0.124. The molecule has 1 N–H and O–H groups in total. The summed E-state index contributed by atoms with van der Waals surface area (Å²) in [6, 6.07) is 8.02. The first kappa shape index (κ1) is 14.8. The third-order valence-electron chi connectivity index (χ3n) is 3.78. The van der Waals surface area contributed by atoms with Crippen molar-refractivity contribution in [3.05, 3.63) is 36.0 Å². The molecule has 0 aliphatic carbocycles. The molecule has 4 rings (SSSR count). The van der Waals surface area contributed by atoms with Crippen LogP contribution in [0.4, 0.5) is 15.4 Å². The summed E-state index contributed by atoms with van der Waals surface area (Å²) < 4.78 is 37.7. The quantitative estimate of drug-likeness (QED) is 0.722. The summed E-state index contributed by atoms with van der Waals surface area (Å²) in [5, 5.41) is 6.91. The Kier molecular flexibility index (Phi) is 3.34. The highest BCUT2D eigenvalue weighted by atomic mass is 32.3. The molecule has 0 spiro atoms. The van der Waals surface area contributed by atoms with Crippen LogP contribution in [-0.2, 0) is 16.9 Å². The van der Waals surface area contributed by atoms with Gasteiger partial charge in [0.25, 0.3) is 5.88 Å². The van der Waals surface area contributed by atoms with E-state index in [1.807, 2.05) is 23.1 Å². The minimum atomic E-state index is -5.15. The third kappa shape index (κ3) is 2.64. The summed E-state index contributed by atoms with van der Waals surface area (Å²) >= 11 is 0. The molecule has 0 saturated carbocycles. The van der Waals surface area contributed by atoms with Gasteiger partial charge in [-0.1, -0.05) is 22.1 Å². The van der Waals surface area contributed by atoms with Gasteiger partial charge >= 0.3 is 10.5 Å². The fourth-order valence-electron chi connectivity index (χ4n) is 2.86. The number of aromatic amines is 1. The van der Waals surface area contributed by atoms with Crippen LogP contribution in [-0.4, -0.2) is 35.1 Å². The molecule has 0 radical (unpaired) electrons. The molecule has 1 aromatic carbocycles. The average Bonchev–Trinajstić information content (AvgIpc) is 2.96. The fraction of sp³-hybridized carbons (Fsp3) is 0.214. The van der Waals surface area contributed by atoms with E-state index in [9.17, 15) is 12.3 Å². The molecular weight excluding hydrogens is 337 g/mol. The number of H-pyrrole nitrogens is 1. The topological polar surface area (TPSA) is 101 Å². The van der Waals surface area contributed by atoms with Crippen molar-refractivity contribution in [1.82, 2.24) is 20.2 Å². The largest absolute Gasteiger partial charge is 0.490 e. The number of aromatic nitrogens is 4. The van der Waals surface area contributed by atoms with Crippen LogP contribution in [0.5, 0.6) is 5.88 Å². The first-order chi connectivity index (χ1) is 11.5. The van der Waals surface area contributed by atoms with Crippen LogP contribution in [0.3, 0.4) is 0 Å². The predicted molar refractivity (Wildman–Crippen MR) is 84.1 cm³/mol. The predicted octanol–water partition coefficient (Wildman–Crippen LogP) is 2.03. The van der Waals surface area contributed by atoms with E-state index in [1.165, 1.54) is 5.56 Å². The summed E-state index contributed by atoms with van der Waals surface area (Å²) in [4.78, 5) is 10.0. The smallest absolute Gasteiger partial charge is 0.336 e. The van der Waals surface area contributed by atoms with Gasteiger partial charge in [0.1, 0.15) is 0 Å². The lowest BCUT2D eigenvalue weighted by molar-refractivity contribution is 0.432. The number of para-hydroxylation sites is 1. The highest BCUT2D eigenvalue weighted by Gasteiger charge is 2.23. The van der Waals surface area contributed by atoms with E-state index in [0.29, 0.717) is 11.3 Å². The molecule has 0 bridgehead atoms. The Morgan fingerprint density at radius 1 is 1.29 bits per heavy atom. The summed E-state index contributed by atoms with van der Waals surface area (Å²) in [7, 11) is -5.15. The van der Waals surface area contributed by atoms with Crippen molar-refractivity contribution in [3.8, 4) is 5.88 Å². The van der Waals surface area contributed by atoms with Crippen molar-refractivity contribution in [1.29, 1.82) is 0 Å². The van der Waals surface area contributed by atoms with E-state index >= 15 is 0 Å². The molecule has 1 aliphatic heterocycles. The van der Waals surface area contributed by atoms with Gasteiger partial charge in [-0.15, -0.1) is 0 Å². The van der Waals surface area contributed by atoms with Crippen LogP contribution in [0.15, 0.2) is 30.5 Å². The number of nitrogens with one attached hydrogen (secondary N) is 1. The molecule has 0 atom stereocenters. The van der Waals surface area contributed by atoms with Crippen LogP contribution in [0, 0.1) is 0 Å². The second-order valence-corrected chi connectivity index (χ2v) is 6.27. The van der Waals surface area contributed by atoms with E-state index in [0.717, 1.165) is 31.3 Å². The Balaban J connectivity index is 1.77. The highest BCUT2D eigenvalue weighted by molar-refractivity contribution is 7.81.